The van der Waals surface area contributed by atoms with E-state index in [1.54, 1.807) is 0 Å². The van der Waals surface area contributed by atoms with E-state index < -0.39 is 0 Å². The Morgan fingerprint density at radius 2 is 0.818 bits per heavy atom. The van der Waals surface area contributed by atoms with Crippen molar-refractivity contribution in [3.63, 3.8) is 0 Å². The van der Waals surface area contributed by atoms with Gasteiger partial charge in [-0.2, -0.15) is 12.2 Å². The van der Waals surface area contributed by atoms with Gasteiger partial charge in [-0.3, -0.25) is 12.2 Å². The summed E-state index contributed by atoms with van der Waals surface area (Å²) >= 11 is 0. The van der Waals surface area contributed by atoms with Crippen LogP contribution in [0.25, 0.3) is 0 Å². The molecule has 0 aromatic rings. The van der Waals surface area contributed by atoms with Crippen LogP contribution in [0.4, 0.5) is 0 Å². The Bertz CT molecular complexity index is 459. The van der Waals surface area contributed by atoms with E-state index in [0.29, 0.717) is 0 Å². The molecular weight excluding hydrogens is 522 g/mol. The molecule has 0 nitrogen and oxygen atoms in total. The first kappa shape index (κ1) is 38.0. The summed E-state index contributed by atoms with van der Waals surface area (Å²) in [5.74, 6) is 0. The molecule has 0 unspecified atom stereocenters. The van der Waals surface area contributed by atoms with Gasteiger partial charge in [-0.25, -0.2) is 23.3 Å². The van der Waals surface area contributed by atoms with Crippen molar-refractivity contribution in [1.29, 1.82) is 0 Å². The first-order chi connectivity index (χ1) is 14.9. The Kier molecular flexibility index (Phi) is 35.0. The van der Waals surface area contributed by atoms with Gasteiger partial charge in [0.1, 0.15) is 0 Å². The summed E-state index contributed by atoms with van der Waals surface area (Å²) in [5, 5.41) is 0. The van der Waals surface area contributed by atoms with Crippen LogP contribution in [0.3, 0.4) is 0 Å². The van der Waals surface area contributed by atoms with Crippen molar-refractivity contribution in [1.82, 2.24) is 0 Å². The zero-order valence-electron chi connectivity index (χ0n) is 21.7. The summed E-state index contributed by atoms with van der Waals surface area (Å²) in [6, 6.07) is 0. The minimum Gasteiger partial charge on any atom is -1.00 e. The maximum atomic E-state index is 3.38. The topological polar surface area (TPSA) is 0 Å². The Labute approximate surface area is 239 Å². The molecule has 2 aliphatic carbocycles. The molecule has 0 saturated heterocycles. The van der Waals surface area contributed by atoms with Crippen LogP contribution in [-0.4, -0.2) is 0 Å². The second-order valence-electron chi connectivity index (χ2n) is 9.07. The molecule has 0 bridgehead atoms. The fraction of sp³-hybridized carbons (Fsp3) is 0.733. The van der Waals surface area contributed by atoms with E-state index in [4.69, 9.17) is 0 Å². The molecular formula is C30H50Cl2Zr. The van der Waals surface area contributed by atoms with E-state index in [0.717, 1.165) is 12.8 Å². The number of halogens is 2. The van der Waals surface area contributed by atoms with Gasteiger partial charge in [-0.15, -0.1) is 12.8 Å². The summed E-state index contributed by atoms with van der Waals surface area (Å²) in [7, 11) is 0. The van der Waals surface area contributed by atoms with Crippen molar-refractivity contribution >= 4 is 0 Å². The summed E-state index contributed by atoms with van der Waals surface area (Å²) in [5.41, 5.74) is 2.89. The fourth-order valence-electron chi connectivity index (χ4n) is 4.14. The predicted octanol–water partition coefficient (Wildman–Crippen LogP) is 4.42. The smallest absolute Gasteiger partial charge is 1.00 e. The summed E-state index contributed by atoms with van der Waals surface area (Å²) in [4.78, 5) is 0. The van der Waals surface area contributed by atoms with Gasteiger partial charge in [0.2, 0.25) is 0 Å². The van der Waals surface area contributed by atoms with Gasteiger partial charge in [0, 0.05) is 0 Å². The largest absolute Gasteiger partial charge is 4.00 e. The molecule has 0 spiro atoms. The van der Waals surface area contributed by atoms with Crippen LogP contribution in [0.15, 0.2) is 35.5 Å². The number of unbranched alkanes of at least 4 members (excludes halogenated alkanes) is 14. The maximum Gasteiger partial charge on any atom is 4.00 e. The molecule has 188 valence electrons. The van der Waals surface area contributed by atoms with Crippen molar-refractivity contribution in [2.45, 2.75) is 142 Å². The first-order valence-corrected chi connectivity index (χ1v) is 13.4. The fourth-order valence-corrected chi connectivity index (χ4v) is 4.14. The average Bonchev–Trinajstić information content (AvgIpc) is 3.47. The summed E-state index contributed by atoms with van der Waals surface area (Å²) < 4.78 is 0. The third-order valence-corrected chi connectivity index (χ3v) is 6.13. The van der Waals surface area contributed by atoms with Crippen molar-refractivity contribution in [3.05, 3.63) is 47.6 Å². The van der Waals surface area contributed by atoms with Gasteiger partial charge in [0.05, 0.1) is 0 Å². The van der Waals surface area contributed by atoms with Gasteiger partial charge in [-0.1, -0.05) is 129 Å². The van der Waals surface area contributed by atoms with Gasteiger partial charge in [0.15, 0.2) is 0 Å². The van der Waals surface area contributed by atoms with E-state index in [9.17, 15) is 0 Å². The van der Waals surface area contributed by atoms with Crippen LogP contribution in [0, 0.1) is 12.2 Å². The minimum absolute atomic E-state index is 0. The number of allylic oxidation sites excluding steroid dienone is 8. The van der Waals surface area contributed by atoms with Crippen LogP contribution in [0.5, 0.6) is 0 Å². The number of hydrogen-bond donors (Lipinski definition) is 0. The molecule has 0 aromatic heterocycles. The SMILES string of the molecule is CCCCCCCCCCC1=[C-]CC=C1.CCCCCCCCCCC1=[C-]CC=C1.[Cl-].[Cl-].[Zr+4]. The average molecular weight is 573 g/mol. The van der Waals surface area contributed by atoms with Crippen molar-refractivity contribution in [2.24, 2.45) is 0 Å². The van der Waals surface area contributed by atoms with Gasteiger partial charge >= 0.3 is 26.2 Å². The summed E-state index contributed by atoms with van der Waals surface area (Å²) in [6.07, 6.45) is 42.9. The second kappa shape index (κ2) is 30.5. The van der Waals surface area contributed by atoms with E-state index >= 15 is 0 Å². The van der Waals surface area contributed by atoms with Crippen LogP contribution in [0.2, 0.25) is 0 Å². The molecule has 2 aliphatic rings. The molecule has 0 aromatic carbocycles. The number of rotatable bonds is 18. The third kappa shape index (κ3) is 25.3. The summed E-state index contributed by atoms with van der Waals surface area (Å²) in [6.45, 7) is 4.55. The molecule has 0 aliphatic heterocycles. The Balaban J connectivity index is -0.000000500. The van der Waals surface area contributed by atoms with Crippen molar-refractivity contribution in [3.8, 4) is 0 Å². The van der Waals surface area contributed by atoms with Crippen LogP contribution < -0.4 is 24.8 Å². The molecule has 0 radical (unpaired) electrons. The Morgan fingerprint density at radius 1 is 0.515 bits per heavy atom. The quantitative estimate of drug-likeness (QED) is 0.169. The molecule has 0 N–H and O–H groups in total. The zero-order chi connectivity index (χ0) is 21.5. The van der Waals surface area contributed by atoms with Gasteiger partial charge < -0.3 is 24.8 Å². The third-order valence-electron chi connectivity index (χ3n) is 6.13. The molecule has 3 heteroatoms. The molecule has 33 heavy (non-hydrogen) atoms. The number of hydrogen-bond acceptors (Lipinski definition) is 0. The second-order valence-corrected chi connectivity index (χ2v) is 9.07. The first-order valence-electron chi connectivity index (χ1n) is 13.4. The normalized spacial score (nSPS) is 13.3. The standard InChI is InChI=1S/2C15H25.2ClH.Zr/c2*1-2-3-4-5-6-7-8-9-12-15-13-10-11-14-15;;;/h2*10,13H,2-9,11-12H2,1H3;2*1H;/q2*-1;;;+4/p-2. The molecule has 0 atom stereocenters. The zero-order valence-corrected chi connectivity index (χ0v) is 25.7. The predicted molar refractivity (Wildman–Crippen MR) is 135 cm³/mol. The van der Waals surface area contributed by atoms with Crippen molar-refractivity contribution < 1.29 is 51.0 Å². The van der Waals surface area contributed by atoms with E-state index in [1.165, 1.54) is 127 Å². The van der Waals surface area contributed by atoms with Crippen LogP contribution in [-0.2, 0) is 26.2 Å². The Hall–Kier alpha value is 0.423. The molecule has 0 amide bonds. The van der Waals surface area contributed by atoms with E-state index in [-0.39, 0.29) is 51.0 Å². The maximum absolute atomic E-state index is 3.38. The monoisotopic (exact) mass is 570 g/mol. The van der Waals surface area contributed by atoms with Gasteiger partial charge in [0.25, 0.3) is 0 Å². The van der Waals surface area contributed by atoms with E-state index in [1.807, 2.05) is 0 Å². The van der Waals surface area contributed by atoms with Gasteiger partial charge in [-0.05, 0) is 0 Å². The van der Waals surface area contributed by atoms with Crippen molar-refractivity contribution in [2.75, 3.05) is 0 Å². The molecule has 0 saturated carbocycles. The molecule has 0 fully saturated rings. The minimum atomic E-state index is 0. The Morgan fingerprint density at radius 3 is 1.09 bits per heavy atom. The van der Waals surface area contributed by atoms with Crippen LogP contribution in [0.1, 0.15) is 142 Å². The molecule has 2 rings (SSSR count). The van der Waals surface area contributed by atoms with Crippen LogP contribution >= 0.6 is 0 Å². The molecule has 0 heterocycles. The van der Waals surface area contributed by atoms with E-state index in [2.05, 4.69) is 50.3 Å².